The highest BCUT2D eigenvalue weighted by Crippen LogP contribution is 2.16. The summed E-state index contributed by atoms with van der Waals surface area (Å²) in [4.78, 5) is 0. The first kappa shape index (κ1) is 13.0. The van der Waals surface area contributed by atoms with Gasteiger partial charge in [-0.25, -0.2) is 0 Å². The third-order valence-electron chi connectivity index (χ3n) is 2.73. The molecule has 2 radical (unpaired) electrons. The summed E-state index contributed by atoms with van der Waals surface area (Å²) in [7, 11) is 0. The zero-order valence-electron chi connectivity index (χ0n) is 9.84. The highest BCUT2D eigenvalue weighted by molar-refractivity contribution is 4.83. The number of rotatable bonds is 8. The summed E-state index contributed by atoms with van der Waals surface area (Å²) in [6.45, 7) is 9.14. The first-order valence-corrected chi connectivity index (χ1v) is 5.87. The summed E-state index contributed by atoms with van der Waals surface area (Å²) < 4.78 is 0. The van der Waals surface area contributed by atoms with E-state index in [-0.39, 0.29) is 0 Å². The standard InChI is InChI=1S/C13H26/c1-5-7-9-13(4)11-8-10-12(3)6-2/h10-13H,5-9H2,1-4H3. The van der Waals surface area contributed by atoms with Gasteiger partial charge in [-0.1, -0.05) is 53.4 Å². The summed E-state index contributed by atoms with van der Waals surface area (Å²) in [5, 5.41) is 0. The van der Waals surface area contributed by atoms with E-state index in [1.54, 1.807) is 0 Å². The van der Waals surface area contributed by atoms with Crippen LogP contribution in [-0.4, -0.2) is 0 Å². The summed E-state index contributed by atoms with van der Waals surface area (Å²) in [6.07, 6.45) is 11.4. The quantitative estimate of drug-likeness (QED) is 0.512. The van der Waals surface area contributed by atoms with Crippen molar-refractivity contribution in [1.29, 1.82) is 0 Å². The summed E-state index contributed by atoms with van der Waals surface area (Å²) in [5.74, 6) is 1.59. The average molecular weight is 182 g/mol. The van der Waals surface area contributed by atoms with Crippen molar-refractivity contribution in [1.82, 2.24) is 0 Å². The van der Waals surface area contributed by atoms with E-state index < -0.39 is 0 Å². The van der Waals surface area contributed by atoms with Gasteiger partial charge in [-0.3, -0.25) is 0 Å². The Balaban J connectivity index is 3.21. The molecule has 2 unspecified atom stereocenters. The molecule has 0 aliphatic rings. The van der Waals surface area contributed by atoms with Crippen LogP contribution in [0, 0.1) is 24.7 Å². The number of unbranched alkanes of at least 4 members (excludes halogenated alkanes) is 1. The molecular formula is C13H26. The molecular weight excluding hydrogens is 156 g/mol. The van der Waals surface area contributed by atoms with Crippen LogP contribution < -0.4 is 0 Å². The van der Waals surface area contributed by atoms with E-state index in [4.69, 9.17) is 0 Å². The summed E-state index contributed by atoms with van der Waals surface area (Å²) in [5.41, 5.74) is 0. The lowest BCUT2D eigenvalue weighted by Crippen LogP contribution is -1.99. The van der Waals surface area contributed by atoms with Crippen molar-refractivity contribution in [2.45, 2.75) is 59.8 Å². The Morgan fingerprint density at radius 1 is 1.00 bits per heavy atom. The van der Waals surface area contributed by atoms with Crippen LogP contribution in [0.3, 0.4) is 0 Å². The Kier molecular flexibility index (Phi) is 8.59. The van der Waals surface area contributed by atoms with Gasteiger partial charge in [0.1, 0.15) is 0 Å². The van der Waals surface area contributed by atoms with Gasteiger partial charge < -0.3 is 0 Å². The van der Waals surface area contributed by atoms with Crippen LogP contribution in [0.4, 0.5) is 0 Å². The van der Waals surface area contributed by atoms with Crippen molar-refractivity contribution in [3.05, 3.63) is 12.8 Å². The van der Waals surface area contributed by atoms with Gasteiger partial charge in [0.25, 0.3) is 0 Å². The zero-order valence-corrected chi connectivity index (χ0v) is 9.84. The lowest BCUT2D eigenvalue weighted by atomic mass is 9.94. The maximum Gasteiger partial charge on any atom is -0.0355 e. The maximum atomic E-state index is 2.46. The predicted molar refractivity (Wildman–Crippen MR) is 61.4 cm³/mol. The van der Waals surface area contributed by atoms with E-state index in [1.807, 2.05) is 0 Å². The minimum absolute atomic E-state index is 0.787. The third-order valence-corrected chi connectivity index (χ3v) is 2.73. The summed E-state index contributed by atoms with van der Waals surface area (Å²) >= 11 is 0. The van der Waals surface area contributed by atoms with E-state index in [1.165, 1.54) is 32.1 Å². The van der Waals surface area contributed by atoms with Crippen LogP contribution >= 0.6 is 0 Å². The van der Waals surface area contributed by atoms with Crippen LogP contribution in [0.25, 0.3) is 0 Å². The minimum Gasteiger partial charge on any atom is -0.0654 e. The second-order valence-electron chi connectivity index (χ2n) is 4.21. The van der Waals surface area contributed by atoms with Crippen molar-refractivity contribution < 1.29 is 0 Å². The molecule has 0 fully saturated rings. The van der Waals surface area contributed by atoms with E-state index >= 15 is 0 Å². The van der Waals surface area contributed by atoms with Crippen molar-refractivity contribution in [3.8, 4) is 0 Å². The molecule has 0 aromatic carbocycles. The fraction of sp³-hybridized carbons (Fsp3) is 0.846. The molecule has 2 atom stereocenters. The summed E-state index contributed by atoms with van der Waals surface area (Å²) in [6, 6.07) is 0. The fourth-order valence-electron chi connectivity index (χ4n) is 1.35. The number of hydrogen-bond acceptors (Lipinski definition) is 0. The van der Waals surface area contributed by atoms with Crippen LogP contribution in [0.1, 0.15) is 59.8 Å². The van der Waals surface area contributed by atoms with Gasteiger partial charge in [0.15, 0.2) is 0 Å². The molecule has 0 aliphatic carbocycles. The van der Waals surface area contributed by atoms with Gasteiger partial charge in [0.2, 0.25) is 0 Å². The third kappa shape index (κ3) is 8.33. The molecule has 0 aliphatic heterocycles. The average Bonchev–Trinajstić information content (AvgIpc) is 2.14. The zero-order chi connectivity index (χ0) is 10.1. The molecule has 0 aromatic rings. The van der Waals surface area contributed by atoms with Crippen LogP contribution in [-0.2, 0) is 0 Å². The topological polar surface area (TPSA) is 0 Å². The molecule has 0 aromatic heterocycles. The minimum atomic E-state index is 0.787. The van der Waals surface area contributed by atoms with Crippen molar-refractivity contribution in [2.24, 2.45) is 11.8 Å². The van der Waals surface area contributed by atoms with Gasteiger partial charge in [0.05, 0.1) is 0 Å². The van der Waals surface area contributed by atoms with E-state index in [0.717, 1.165) is 11.8 Å². The van der Waals surface area contributed by atoms with Gasteiger partial charge >= 0.3 is 0 Å². The molecule has 0 rings (SSSR count). The molecule has 0 saturated heterocycles. The van der Waals surface area contributed by atoms with Gasteiger partial charge in [-0.2, -0.15) is 0 Å². The molecule has 0 bridgehead atoms. The Hall–Kier alpha value is 0. The molecule has 78 valence electrons. The molecule has 0 spiro atoms. The molecule has 13 heavy (non-hydrogen) atoms. The monoisotopic (exact) mass is 182 g/mol. The van der Waals surface area contributed by atoms with E-state index in [2.05, 4.69) is 40.5 Å². The molecule has 0 heterocycles. The lowest BCUT2D eigenvalue weighted by Gasteiger charge is -2.11. The first-order chi connectivity index (χ1) is 6.20. The second-order valence-corrected chi connectivity index (χ2v) is 4.21. The molecule has 0 N–H and O–H groups in total. The highest BCUT2D eigenvalue weighted by atomic mass is 14.1. The number of hydrogen-bond donors (Lipinski definition) is 0. The molecule has 0 heteroatoms. The van der Waals surface area contributed by atoms with Crippen molar-refractivity contribution in [3.63, 3.8) is 0 Å². The van der Waals surface area contributed by atoms with E-state index in [0.29, 0.717) is 0 Å². The Morgan fingerprint density at radius 2 is 1.62 bits per heavy atom. The maximum absolute atomic E-state index is 2.46. The SMILES string of the molecule is CCCCC(C)[CH]C[CH]C(C)CC. The molecule has 0 nitrogen and oxygen atoms in total. The normalized spacial score (nSPS) is 15.7. The Bertz CT molecular complexity index is 96.2. The second kappa shape index (κ2) is 8.59. The van der Waals surface area contributed by atoms with Gasteiger partial charge in [0, 0.05) is 0 Å². The van der Waals surface area contributed by atoms with Crippen molar-refractivity contribution >= 4 is 0 Å². The van der Waals surface area contributed by atoms with Crippen LogP contribution in [0.5, 0.6) is 0 Å². The molecule has 0 saturated carbocycles. The van der Waals surface area contributed by atoms with Crippen molar-refractivity contribution in [2.75, 3.05) is 0 Å². The smallest absolute Gasteiger partial charge is 0.0355 e. The fourth-order valence-corrected chi connectivity index (χ4v) is 1.35. The van der Waals surface area contributed by atoms with Gasteiger partial charge in [-0.15, -0.1) is 0 Å². The Labute approximate surface area is 85.1 Å². The van der Waals surface area contributed by atoms with Crippen LogP contribution in [0.15, 0.2) is 0 Å². The predicted octanol–water partition coefficient (Wildman–Crippen LogP) is 4.66. The Morgan fingerprint density at radius 3 is 2.15 bits per heavy atom. The highest BCUT2D eigenvalue weighted by Gasteiger charge is 2.03. The van der Waals surface area contributed by atoms with Crippen LogP contribution in [0.2, 0.25) is 0 Å². The van der Waals surface area contributed by atoms with E-state index in [9.17, 15) is 0 Å². The molecule has 0 amide bonds. The van der Waals surface area contributed by atoms with Gasteiger partial charge in [-0.05, 0) is 31.1 Å². The first-order valence-electron chi connectivity index (χ1n) is 5.87. The largest absolute Gasteiger partial charge is 0.0654 e. The lowest BCUT2D eigenvalue weighted by molar-refractivity contribution is 0.540.